The summed E-state index contributed by atoms with van der Waals surface area (Å²) < 4.78 is 7.32. The van der Waals surface area contributed by atoms with E-state index in [4.69, 9.17) is 4.74 Å². The van der Waals surface area contributed by atoms with Crippen LogP contribution in [0.5, 0.6) is 0 Å². The van der Waals surface area contributed by atoms with Gasteiger partial charge in [0.15, 0.2) is 0 Å². The number of pyridine rings is 1. The number of ether oxygens (including phenoxy) is 1. The average Bonchev–Trinajstić information content (AvgIpc) is 3.00. The molecule has 2 aromatic heterocycles. The molecule has 1 aromatic carbocycles. The number of hydrogen-bond donors (Lipinski definition) is 1. The first-order valence-electron chi connectivity index (χ1n) is 9.66. The lowest BCUT2D eigenvalue weighted by atomic mass is 10.0. The first-order valence-corrected chi connectivity index (χ1v) is 9.66. The molecule has 3 rings (SSSR count). The molecule has 0 aliphatic carbocycles. The van der Waals surface area contributed by atoms with Crippen LogP contribution in [0.25, 0.3) is 11.0 Å². The Morgan fingerprint density at radius 1 is 1.24 bits per heavy atom. The fraction of sp³-hybridized carbons (Fsp3) is 0.409. The molecular formula is C22H29N5O2. The van der Waals surface area contributed by atoms with E-state index in [1.165, 1.54) is 0 Å². The maximum atomic E-state index is 12.0. The van der Waals surface area contributed by atoms with Crippen molar-refractivity contribution in [3.63, 3.8) is 0 Å². The lowest BCUT2D eigenvalue weighted by Crippen LogP contribution is -2.34. The van der Waals surface area contributed by atoms with Gasteiger partial charge in [-0.05, 0) is 51.8 Å². The minimum Gasteiger partial charge on any atom is -0.444 e. The Labute approximate surface area is 171 Å². The number of anilines is 2. The number of aromatic nitrogens is 3. The minimum atomic E-state index is -0.520. The number of nitrogens with zero attached hydrogens (tertiary/aromatic N) is 4. The third kappa shape index (κ3) is 4.67. The number of carbonyl (C=O) groups is 1. The molecule has 0 aliphatic rings. The molecule has 1 amide bonds. The highest BCUT2D eigenvalue weighted by Crippen LogP contribution is 2.29. The standard InChI is InChI=1S/C22H29N5O2/c1-14-10-16(15(2)25-21(28)29-22(3,4)5)8-9-18(14)27(7)20-11-19-17(12-23-20)24-13-26(19)6/h8-13,15H,1-7H3,(H,25,28). The fourth-order valence-electron chi connectivity index (χ4n) is 3.22. The summed E-state index contributed by atoms with van der Waals surface area (Å²) in [6, 6.07) is 8.02. The van der Waals surface area contributed by atoms with Crippen LogP contribution >= 0.6 is 0 Å². The van der Waals surface area contributed by atoms with Gasteiger partial charge < -0.3 is 19.5 Å². The number of imidazole rings is 1. The topological polar surface area (TPSA) is 72.3 Å². The summed E-state index contributed by atoms with van der Waals surface area (Å²) in [6.07, 6.45) is 3.16. The van der Waals surface area contributed by atoms with Gasteiger partial charge >= 0.3 is 6.09 Å². The number of nitrogens with one attached hydrogen (secondary N) is 1. The van der Waals surface area contributed by atoms with Gasteiger partial charge in [0.2, 0.25) is 0 Å². The third-order valence-electron chi connectivity index (χ3n) is 4.76. The van der Waals surface area contributed by atoms with E-state index in [1.54, 1.807) is 12.5 Å². The summed E-state index contributed by atoms with van der Waals surface area (Å²) in [4.78, 5) is 23.0. The Morgan fingerprint density at radius 3 is 2.62 bits per heavy atom. The smallest absolute Gasteiger partial charge is 0.408 e. The number of rotatable bonds is 4. The molecule has 2 heterocycles. The van der Waals surface area contributed by atoms with Crippen LogP contribution in [0.2, 0.25) is 0 Å². The summed E-state index contributed by atoms with van der Waals surface area (Å²) in [7, 11) is 3.97. The van der Waals surface area contributed by atoms with Gasteiger partial charge in [0.1, 0.15) is 16.9 Å². The summed E-state index contributed by atoms with van der Waals surface area (Å²) in [5.41, 5.74) is 4.54. The highest BCUT2D eigenvalue weighted by molar-refractivity contribution is 5.79. The Balaban J connectivity index is 1.79. The van der Waals surface area contributed by atoms with E-state index in [-0.39, 0.29) is 6.04 Å². The molecule has 0 bridgehead atoms. The zero-order valence-electron chi connectivity index (χ0n) is 18.1. The zero-order chi connectivity index (χ0) is 21.3. The van der Waals surface area contributed by atoms with Gasteiger partial charge in [-0.1, -0.05) is 12.1 Å². The van der Waals surface area contributed by atoms with Crippen molar-refractivity contribution in [1.29, 1.82) is 0 Å². The Morgan fingerprint density at radius 2 is 1.97 bits per heavy atom. The molecule has 1 atom stereocenters. The first-order chi connectivity index (χ1) is 13.5. The van der Waals surface area contributed by atoms with E-state index < -0.39 is 11.7 Å². The molecule has 1 unspecified atom stereocenters. The number of hydrogen-bond acceptors (Lipinski definition) is 5. The van der Waals surface area contributed by atoms with Crippen LogP contribution in [0.4, 0.5) is 16.3 Å². The molecule has 7 heteroatoms. The van der Waals surface area contributed by atoms with Gasteiger partial charge in [-0.15, -0.1) is 0 Å². The van der Waals surface area contributed by atoms with Crippen LogP contribution in [-0.2, 0) is 11.8 Å². The highest BCUT2D eigenvalue weighted by atomic mass is 16.6. The fourth-order valence-corrected chi connectivity index (χ4v) is 3.22. The molecule has 1 N–H and O–H groups in total. The second-order valence-electron chi connectivity index (χ2n) is 8.36. The quantitative estimate of drug-likeness (QED) is 0.697. The Kier molecular flexibility index (Phi) is 5.50. The van der Waals surface area contributed by atoms with E-state index in [2.05, 4.69) is 33.2 Å². The molecule has 29 heavy (non-hydrogen) atoms. The predicted molar refractivity (Wildman–Crippen MR) is 116 cm³/mol. The predicted octanol–water partition coefficient (Wildman–Crippen LogP) is 4.63. The SMILES string of the molecule is Cc1cc(C(C)NC(=O)OC(C)(C)C)ccc1N(C)c1cc2c(cn1)ncn2C. The lowest BCUT2D eigenvalue weighted by Gasteiger charge is -2.24. The van der Waals surface area contributed by atoms with Crippen LogP contribution in [0, 0.1) is 6.92 Å². The zero-order valence-corrected chi connectivity index (χ0v) is 18.1. The Bertz CT molecular complexity index is 1040. The van der Waals surface area contributed by atoms with Gasteiger partial charge in [-0.3, -0.25) is 0 Å². The molecule has 3 aromatic rings. The third-order valence-corrected chi connectivity index (χ3v) is 4.76. The molecule has 0 spiro atoms. The largest absolute Gasteiger partial charge is 0.444 e. The second-order valence-corrected chi connectivity index (χ2v) is 8.36. The average molecular weight is 396 g/mol. The lowest BCUT2D eigenvalue weighted by molar-refractivity contribution is 0.0508. The van der Waals surface area contributed by atoms with E-state index in [1.807, 2.05) is 64.6 Å². The molecule has 154 valence electrons. The number of carbonyl (C=O) groups excluding carboxylic acids is 1. The van der Waals surface area contributed by atoms with E-state index in [9.17, 15) is 4.79 Å². The van der Waals surface area contributed by atoms with Gasteiger partial charge in [0.25, 0.3) is 0 Å². The minimum absolute atomic E-state index is 0.160. The molecule has 7 nitrogen and oxygen atoms in total. The number of benzene rings is 1. The summed E-state index contributed by atoms with van der Waals surface area (Å²) in [5.74, 6) is 0.844. The highest BCUT2D eigenvalue weighted by Gasteiger charge is 2.19. The van der Waals surface area contributed by atoms with E-state index in [0.29, 0.717) is 0 Å². The summed E-state index contributed by atoms with van der Waals surface area (Å²) in [5, 5.41) is 2.89. The summed E-state index contributed by atoms with van der Waals surface area (Å²) >= 11 is 0. The van der Waals surface area contributed by atoms with Gasteiger partial charge in [-0.2, -0.15) is 0 Å². The van der Waals surface area contributed by atoms with Crippen molar-refractivity contribution in [2.45, 2.75) is 46.3 Å². The second kappa shape index (κ2) is 7.73. The van der Waals surface area contributed by atoms with Gasteiger partial charge in [0.05, 0.1) is 24.1 Å². The number of amides is 1. The number of alkyl carbamates (subject to hydrolysis) is 1. The molecule has 0 fully saturated rings. The van der Waals surface area contributed by atoms with Crippen LogP contribution in [0.1, 0.15) is 44.9 Å². The van der Waals surface area contributed by atoms with Crippen LogP contribution in [0.3, 0.4) is 0 Å². The van der Waals surface area contributed by atoms with Crippen LogP contribution in [0.15, 0.2) is 36.8 Å². The van der Waals surface area contributed by atoms with Gasteiger partial charge in [0, 0.05) is 25.8 Å². The molecular weight excluding hydrogens is 366 g/mol. The molecule has 0 saturated carbocycles. The molecule has 0 saturated heterocycles. The van der Waals surface area contributed by atoms with Crippen molar-refractivity contribution in [3.8, 4) is 0 Å². The monoisotopic (exact) mass is 395 g/mol. The van der Waals surface area contributed by atoms with Gasteiger partial charge in [-0.25, -0.2) is 14.8 Å². The van der Waals surface area contributed by atoms with Crippen LogP contribution in [-0.4, -0.2) is 33.3 Å². The van der Waals surface area contributed by atoms with Crippen molar-refractivity contribution in [2.24, 2.45) is 7.05 Å². The number of aryl methyl sites for hydroxylation is 2. The van der Waals surface area contributed by atoms with E-state index >= 15 is 0 Å². The van der Waals surface area contributed by atoms with Crippen molar-refractivity contribution >= 4 is 28.6 Å². The normalized spacial score (nSPS) is 12.7. The van der Waals surface area contributed by atoms with E-state index in [0.717, 1.165) is 33.7 Å². The summed E-state index contributed by atoms with van der Waals surface area (Å²) in [6.45, 7) is 9.55. The van der Waals surface area contributed by atoms with Crippen molar-refractivity contribution in [3.05, 3.63) is 47.9 Å². The molecule has 0 radical (unpaired) electrons. The van der Waals surface area contributed by atoms with Crippen molar-refractivity contribution in [1.82, 2.24) is 19.9 Å². The maximum Gasteiger partial charge on any atom is 0.408 e. The molecule has 0 aliphatic heterocycles. The Hall–Kier alpha value is -3.09. The van der Waals surface area contributed by atoms with Crippen molar-refractivity contribution in [2.75, 3.05) is 11.9 Å². The van der Waals surface area contributed by atoms with Crippen LogP contribution < -0.4 is 10.2 Å². The van der Waals surface area contributed by atoms with Crippen molar-refractivity contribution < 1.29 is 9.53 Å². The first kappa shape index (κ1) is 20.6. The number of fused-ring (bicyclic) bond motifs is 1. The maximum absolute atomic E-state index is 12.0.